The van der Waals surface area contributed by atoms with Crippen molar-refractivity contribution in [3.8, 4) is 11.5 Å². The highest BCUT2D eigenvalue weighted by molar-refractivity contribution is 7.15. The fraction of sp³-hybridized carbons (Fsp3) is 0.182. The highest BCUT2D eigenvalue weighted by Crippen LogP contribution is 2.42. The lowest BCUT2D eigenvalue weighted by atomic mass is 10.3. The molecule has 0 unspecified atom stereocenters. The number of rotatable bonds is 3. The largest absolute Gasteiger partial charge is 0.586 e. The molecule has 100 valence electrons. The normalized spacial score (nSPS) is 15.5. The third-order valence-electron chi connectivity index (χ3n) is 2.37. The van der Waals surface area contributed by atoms with Crippen molar-refractivity contribution in [1.82, 2.24) is 4.98 Å². The smallest absolute Gasteiger partial charge is 0.395 e. The lowest BCUT2D eigenvalue weighted by molar-refractivity contribution is -0.286. The Labute approximate surface area is 115 Å². The van der Waals surface area contributed by atoms with Crippen molar-refractivity contribution >= 4 is 28.6 Å². The maximum Gasteiger partial charge on any atom is 0.586 e. The summed E-state index contributed by atoms with van der Waals surface area (Å²) in [5.41, 5.74) is 0.631. The number of halogens is 3. The first kappa shape index (κ1) is 12.4. The third-order valence-corrected chi connectivity index (χ3v) is 3.49. The number of hydrogen-bond acceptors (Lipinski definition) is 5. The molecule has 0 amide bonds. The molecular weight excluding hydrogens is 298 g/mol. The van der Waals surface area contributed by atoms with Crippen LogP contribution in [-0.4, -0.2) is 11.3 Å². The topological polar surface area (TPSA) is 43.4 Å². The van der Waals surface area contributed by atoms with Crippen LogP contribution in [0.25, 0.3) is 0 Å². The summed E-state index contributed by atoms with van der Waals surface area (Å²) in [7, 11) is 0. The van der Waals surface area contributed by atoms with Crippen LogP contribution in [0.3, 0.4) is 0 Å². The molecule has 0 saturated carbocycles. The van der Waals surface area contributed by atoms with Crippen molar-refractivity contribution in [2.45, 2.75) is 12.8 Å². The van der Waals surface area contributed by atoms with Gasteiger partial charge in [-0.15, -0.1) is 20.1 Å². The summed E-state index contributed by atoms with van der Waals surface area (Å²) in [6.07, 6.45) is -2.03. The van der Waals surface area contributed by atoms with Crippen molar-refractivity contribution in [2.75, 3.05) is 5.32 Å². The Morgan fingerprint density at radius 3 is 2.84 bits per heavy atom. The Hall–Kier alpha value is -1.60. The fourth-order valence-electron chi connectivity index (χ4n) is 1.61. The van der Waals surface area contributed by atoms with E-state index < -0.39 is 6.29 Å². The molecule has 2 aromatic rings. The van der Waals surface area contributed by atoms with Crippen LogP contribution in [0.4, 0.5) is 14.5 Å². The first-order valence-electron chi connectivity index (χ1n) is 5.26. The maximum absolute atomic E-state index is 12.8. The number of alkyl halides is 2. The van der Waals surface area contributed by atoms with Gasteiger partial charge >= 0.3 is 6.29 Å². The second kappa shape index (κ2) is 4.50. The van der Waals surface area contributed by atoms with Gasteiger partial charge in [-0.05, 0) is 12.1 Å². The number of benzene rings is 1. The van der Waals surface area contributed by atoms with Gasteiger partial charge in [0, 0.05) is 11.8 Å². The van der Waals surface area contributed by atoms with Crippen LogP contribution in [0.5, 0.6) is 11.5 Å². The van der Waals surface area contributed by atoms with Crippen LogP contribution < -0.4 is 14.8 Å². The summed E-state index contributed by atoms with van der Waals surface area (Å²) in [5.74, 6) is 0.0278. The zero-order chi connectivity index (χ0) is 13.5. The predicted molar refractivity (Wildman–Crippen MR) is 67.1 cm³/mol. The molecule has 19 heavy (non-hydrogen) atoms. The minimum absolute atomic E-state index is 0.00664. The Morgan fingerprint density at radius 2 is 2.11 bits per heavy atom. The molecule has 1 aliphatic rings. The number of thiazole rings is 1. The minimum Gasteiger partial charge on any atom is -0.395 e. The number of fused-ring (bicyclic) bond motifs is 1. The fourth-order valence-corrected chi connectivity index (χ4v) is 2.50. The minimum atomic E-state index is -3.59. The summed E-state index contributed by atoms with van der Waals surface area (Å²) in [5, 5.41) is 3.84. The van der Waals surface area contributed by atoms with Crippen LogP contribution in [0.15, 0.2) is 24.4 Å². The SMILES string of the molecule is FC1(F)Oc2ccc(NCc3ncc(Cl)s3)cc2O1. The lowest BCUT2D eigenvalue weighted by Crippen LogP contribution is -2.25. The molecule has 3 rings (SSSR count). The van der Waals surface area contributed by atoms with Crippen LogP contribution >= 0.6 is 22.9 Å². The Balaban J connectivity index is 1.70. The van der Waals surface area contributed by atoms with E-state index in [0.717, 1.165) is 5.01 Å². The standard InChI is InChI=1S/C11H7ClF2N2O2S/c12-9-4-16-10(19-9)5-15-6-1-2-7-8(3-6)18-11(13,14)17-7/h1-4,15H,5H2. The molecule has 2 heterocycles. The molecule has 4 nitrogen and oxygen atoms in total. The summed E-state index contributed by atoms with van der Waals surface area (Å²) in [6.45, 7) is 0.452. The maximum atomic E-state index is 12.8. The van der Waals surface area contributed by atoms with Crippen LogP contribution in [-0.2, 0) is 6.54 Å². The molecule has 1 aromatic carbocycles. The molecular formula is C11H7ClF2N2O2S. The number of nitrogens with one attached hydrogen (secondary N) is 1. The Kier molecular flexibility index (Phi) is 2.94. The van der Waals surface area contributed by atoms with Gasteiger partial charge in [-0.25, -0.2) is 4.98 Å². The quantitative estimate of drug-likeness (QED) is 0.938. The van der Waals surface area contributed by atoms with E-state index in [1.807, 2.05) is 0 Å². The summed E-state index contributed by atoms with van der Waals surface area (Å²) in [4.78, 5) is 4.07. The summed E-state index contributed by atoms with van der Waals surface area (Å²) >= 11 is 7.11. The monoisotopic (exact) mass is 304 g/mol. The number of anilines is 1. The van der Waals surface area contributed by atoms with E-state index in [1.54, 1.807) is 12.3 Å². The average molecular weight is 305 g/mol. The van der Waals surface area contributed by atoms with E-state index in [1.165, 1.54) is 23.5 Å². The lowest BCUT2D eigenvalue weighted by Gasteiger charge is -2.05. The number of ether oxygens (including phenoxy) is 2. The van der Waals surface area contributed by atoms with E-state index in [-0.39, 0.29) is 11.5 Å². The number of hydrogen-bond donors (Lipinski definition) is 1. The molecule has 0 bridgehead atoms. The van der Waals surface area contributed by atoms with Crippen molar-refractivity contribution in [3.63, 3.8) is 0 Å². The average Bonchev–Trinajstić information content (AvgIpc) is 2.87. The van der Waals surface area contributed by atoms with Crippen molar-refractivity contribution in [1.29, 1.82) is 0 Å². The highest BCUT2D eigenvalue weighted by Gasteiger charge is 2.43. The number of aromatic nitrogens is 1. The van der Waals surface area contributed by atoms with Gasteiger partial charge in [0.1, 0.15) is 9.34 Å². The Morgan fingerprint density at radius 1 is 1.32 bits per heavy atom. The van der Waals surface area contributed by atoms with Gasteiger partial charge in [-0.3, -0.25) is 0 Å². The van der Waals surface area contributed by atoms with E-state index in [4.69, 9.17) is 11.6 Å². The molecule has 0 fully saturated rings. The molecule has 1 N–H and O–H groups in total. The van der Waals surface area contributed by atoms with Gasteiger partial charge in [-0.2, -0.15) is 0 Å². The van der Waals surface area contributed by atoms with E-state index in [9.17, 15) is 8.78 Å². The summed E-state index contributed by atoms with van der Waals surface area (Å²) < 4.78 is 34.9. The predicted octanol–water partition coefficient (Wildman–Crippen LogP) is 3.73. The zero-order valence-electron chi connectivity index (χ0n) is 9.32. The molecule has 8 heteroatoms. The molecule has 0 atom stereocenters. The molecule has 1 aliphatic heterocycles. The van der Waals surface area contributed by atoms with Crippen molar-refractivity contribution < 1.29 is 18.3 Å². The van der Waals surface area contributed by atoms with Gasteiger partial charge in [0.25, 0.3) is 0 Å². The van der Waals surface area contributed by atoms with Gasteiger partial charge in [0.05, 0.1) is 12.7 Å². The van der Waals surface area contributed by atoms with Crippen molar-refractivity contribution in [2.24, 2.45) is 0 Å². The van der Waals surface area contributed by atoms with Crippen LogP contribution in [0.2, 0.25) is 4.34 Å². The van der Waals surface area contributed by atoms with Crippen LogP contribution in [0, 0.1) is 0 Å². The van der Waals surface area contributed by atoms with Crippen molar-refractivity contribution in [3.05, 3.63) is 33.7 Å². The first-order valence-corrected chi connectivity index (χ1v) is 6.45. The van der Waals surface area contributed by atoms with Gasteiger partial charge in [-0.1, -0.05) is 11.6 Å². The van der Waals surface area contributed by atoms with Gasteiger partial charge in [0.15, 0.2) is 11.5 Å². The molecule has 0 spiro atoms. The molecule has 0 saturated heterocycles. The summed E-state index contributed by atoms with van der Waals surface area (Å²) in [6, 6.07) is 4.50. The van der Waals surface area contributed by atoms with E-state index >= 15 is 0 Å². The van der Waals surface area contributed by atoms with Gasteiger partial charge < -0.3 is 14.8 Å². The third kappa shape index (κ3) is 2.71. The van der Waals surface area contributed by atoms with Crippen LogP contribution in [0.1, 0.15) is 5.01 Å². The number of nitrogens with zero attached hydrogens (tertiary/aromatic N) is 1. The highest BCUT2D eigenvalue weighted by atomic mass is 35.5. The van der Waals surface area contributed by atoms with Gasteiger partial charge in [0.2, 0.25) is 0 Å². The second-order valence-corrected chi connectivity index (χ2v) is 5.49. The van der Waals surface area contributed by atoms with E-state index in [0.29, 0.717) is 16.6 Å². The zero-order valence-corrected chi connectivity index (χ0v) is 10.9. The second-order valence-electron chi connectivity index (χ2n) is 3.74. The molecule has 0 radical (unpaired) electrons. The molecule has 1 aromatic heterocycles. The molecule has 0 aliphatic carbocycles. The first-order chi connectivity index (χ1) is 9.02. The Bertz CT molecular complexity index is 620. The van der Waals surface area contributed by atoms with E-state index in [2.05, 4.69) is 19.8 Å².